The second-order valence-electron chi connectivity index (χ2n) is 5.90. The van der Waals surface area contributed by atoms with E-state index in [-0.39, 0.29) is 11.8 Å². The summed E-state index contributed by atoms with van der Waals surface area (Å²) in [6.45, 7) is 2.92. The van der Waals surface area contributed by atoms with Gasteiger partial charge in [-0.1, -0.05) is 6.07 Å². The van der Waals surface area contributed by atoms with E-state index in [4.69, 9.17) is 0 Å². The first kappa shape index (κ1) is 16.9. The summed E-state index contributed by atoms with van der Waals surface area (Å²) in [7, 11) is -1.43. The number of thiophene rings is 1. The Bertz CT molecular complexity index is 510. The van der Waals surface area contributed by atoms with Gasteiger partial charge in [0.1, 0.15) is 0 Å². The topological polar surface area (TPSA) is 49.4 Å². The van der Waals surface area contributed by atoms with Gasteiger partial charge in [-0.05, 0) is 57.0 Å². The number of likely N-dealkylation sites (N-methyl/N-ethyl adjacent to an activating group) is 1. The zero-order valence-electron chi connectivity index (χ0n) is 12.9. The zero-order chi connectivity index (χ0) is 15.3. The van der Waals surface area contributed by atoms with Crippen LogP contribution in [0.5, 0.6) is 0 Å². The molecule has 1 heterocycles. The third-order valence-electron chi connectivity index (χ3n) is 3.98. The largest absolute Gasteiger partial charge is 0.314 e. The molecule has 1 aliphatic carbocycles. The van der Waals surface area contributed by atoms with Gasteiger partial charge in [-0.2, -0.15) is 0 Å². The smallest absolute Gasteiger partial charge is 0.214 e. The number of unbranched alkanes of at least 4 members (excludes halogenated alkanes) is 1. The van der Waals surface area contributed by atoms with Crippen molar-refractivity contribution in [2.24, 2.45) is 0 Å². The van der Waals surface area contributed by atoms with Crippen LogP contribution in [0, 0.1) is 0 Å². The summed E-state index contributed by atoms with van der Waals surface area (Å²) in [5, 5.41) is 5.45. The Morgan fingerprint density at radius 2 is 2.19 bits per heavy atom. The van der Waals surface area contributed by atoms with Crippen LogP contribution in [0.4, 0.5) is 0 Å². The number of hydrogen-bond acceptors (Lipinski definition) is 4. The normalized spacial score (nSPS) is 17.3. The molecule has 2 rings (SSSR count). The van der Waals surface area contributed by atoms with Crippen LogP contribution in [0.2, 0.25) is 0 Å². The maximum atomic E-state index is 12.3. The highest BCUT2D eigenvalue weighted by Gasteiger charge is 2.23. The lowest BCUT2D eigenvalue weighted by Gasteiger charge is -2.24. The molecule has 0 aliphatic heterocycles. The molecule has 1 atom stereocenters. The van der Waals surface area contributed by atoms with Gasteiger partial charge in [-0.3, -0.25) is 0 Å². The van der Waals surface area contributed by atoms with Crippen LogP contribution in [-0.4, -0.2) is 44.2 Å². The van der Waals surface area contributed by atoms with E-state index < -0.39 is 10.0 Å². The summed E-state index contributed by atoms with van der Waals surface area (Å²) in [5.74, 6) is 0.255. The van der Waals surface area contributed by atoms with Crippen molar-refractivity contribution in [3.63, 3.8) is 0 Å². The van der Waals surface area contributed by atoms with Gasteiger partial charge < -0.3 is 5.32 Å². The second kappa shape index (κ2) is 7.72. The molecule has 1 saturated carbocycles. The molecule has 1 aromatic heterocycles. The summed E-state index contributed by atoms with van der Waals surface area (Å²) in [6, 6.07) is 4.78. The van der Waals surface area contributed by atoms with Crippen LogP contribution in [0.3, 0.4) is 0 Å². The van der Waals surface area contributed by atoms with E-state index in [0.717, 1.165) is 25.8 Å². The maximum Gasteiger partial charge on any atom is 0.214 e. The van der Waals surface area contributed by atoms with Gasteiger partial charge in [0.2, 0.25) is 10.0 Å². The van der Waals surface area contributed by atoms with Gasteiger partial charge >= 0.3 is 0 Å². The first-order chi connectivity index (χ1) is 9.99. The lowest BCUT2D eigenvalue weighted by atomic mass is 10.2. The molecule has 0 spiro atoms. The molecule has 6 heteroatoms. The number of nitrogens with zero attached hydrogens (tertiary/aromatic N) is 1. The van der Waals surface area contributed by atoms with E-state index >= 15 is 0 Å². The van der Waals surface area contributed by atoms with Crippen molar-refractivity contribution in [2.75, 3.05) is 19.3 Å². The van der Waals surface area contributed by atoms with E-state index in [1.807, 2.05) is 18.4 Å². The Hall–Kier alpha value is -0.430. The summed E-state index contributed by atoms with van der Waals surface area (Å²) < 4.78 is 26.2. The lowest BCUT2D eigenvalue weighted by molar-refractivity contribution is 0.387. The minimum absolute atomic E-state index is 0.0123. The Morgan fingerprint density at radius 1 is 1.43 bits per heavy atom. The Kier molecular flexibility index (Phi) is 6.22. The van der Waals surface area contributed by atoms with Gasteiger partial charge in [0, 0.05) is 24.0 Å². The second-order valence-corrected chi connectivity index (χ2v) is 9.08. The third-order valence-corrected chi connectivity index (χ3v) is 6.92. The van der Waals surface area contributed by atoms with Gasteiger partial charge in [0.15, 0.2) is 0 Å². The van der Waals surface area contributed by atoms with Gasteiger partial charge in [0.25, 0.3) is 0 Å². The van der Waals surface area contributed by atoms with Gasteiger partial charge in [-0.15, -0.1) is 11.3 Å². The summed E-state index contributed by atoms with van der Waals surface area (Å²) in [6.07, 6.45) is 5.01. The Labute approximate surface area is 132 Å². The molecule has 4 nitrogen and oxygen atoms in total. The number of nitrogens with one attached hydrogen (secondary N) is 1. The summed E-state index contributed by atoms with van der Waals surface area (Å²) >= 11 is 1.68. The molecule has 0 aromatic carbocycles. The predicted octanol–water partition coefficient (Wildman–Crippen LogP) is 2.47. The average Bonchev–Trinajstić information content (AvgIpc) is 3.13. The van der Waals surface area contributed by atoms with Crippen molar-refractivity contribution >= 4 is 21.4 Å². The fourth-order valence-corrected chi connectivity index (χ4v) is 4.58. The van der Waals surface area contributed by atoms with Crippen molar-refractivity contribution in [3.05, 3.63) is 22.4 Å². The van der Waals surface area contributed by atoms with E-state index in [9.17, 15) is 8.42 Å². The van der Waals surface area contributed by atoms with Crippen molar-refractivity contribution < 1.29 is 8.42 Å². The van der Waals surface area contributed by atoms with E-state index in [1.54, 1.807) is 22.7 Å². The Morgan fingerprint density at radius 3 is 2.81 bits per heavy atom. The average molecular weight is 331 g/mol. The molecule has 21 heavy (non-hydrogen) atoms. The fraction of sp³-hybridized carbons (Fsp3) is 0.733. The Balaban J connectivity index is 1.71. The molecular formula is C15H26N2O2S2. The van der Waals surface area contributed by atoms with Crippen molar-refractivity contribution in [1.82, 2.24) is 9.62 Å². The van der Waals surface area contributed by atoms with E-state index in [0.29, 0.717) is 6.04 Å². The van der Waals surface area contributed by atoms with E-state index in [2.05, 4.69) is 11.4 Å². The van der Waals surface area contributed by atoms with Crippen LogP contribution in [0.15, 0.2) is 17.5 Å². The molecule has 1 N–H and O–H groups in total. The minimum atomic E-state index is -3.14. The molecule has 0 bridgehead atoms. The molecular weight excluding hydrogens is 304 g/mol. The first-order valence-corrected chi connectivity index (χ1v) is 10.2. The van der Waals surface area contributed by atoms with Crippen LogP contribution in [0.1, 0.15) is 37.5 Å². The summed E-state index contributed by atoms with van der Waals surface area (Å²) in [5.41, 5.74) is 0. The van der Waals surface area contributed by atoms with Gasteiger partial charge in [0.05, 0.1) is 5.75 Å². The third kappa shape index (κ3) is 5.70. The van der Waals surface area contributed by atoms with Crippen LogP contribution in [-0.2, 0) is 16.4 Å². The zero-order valence-corrected chi connectivity index (χ0v) is 14.5. The van der Waals surface area contributed by atoms with Crippen LogP contribution >= 0.6 is 11.3 Å². The monoisotopic (exact) mass is 330 g/mol. The first-order valence-electron chi connectivity index (χ1n) is 7.70. The summed E-state index contributed by atoms with van der Waals surface area (Å²) in [4.78, 5) is 1.23. The standard InChI is InChI=1S/C15H26N2O2S2/c1-13(12-15-6-5-10-20-15)17(2)21(18,19)11-4-3-9-16-14-7-8-14/h5-6,10,13-14,16H,3-4,7-9,11-12H2,1-2H3. The van der Waals surface area contributed by atoms with Crippen molar-refractivity contribution in [3.8, 4) is 0 Å². The highest BCUT2D eigenvalue weighted by atomic mass is 32.2. The van der Waals surface area contributed by atoms with Crippen molar-refractivity contribution in [2.45, 2.75) is 51.1 Å². The quantitative estimate of drug-likeness (QED) is 0.671. The lowest BCUT2D eigenvalue weighted by Crippen LogP contribution is -2.37. The molecule has 0 amide bonds. The number of rotatable bonds is 10. The van der Waals surface area contributed by atoms with Crippen LogP contribution in [0.25, 0.3) is 0 Å². The molecule has 1 aromatic rings. The fourth-order valence-electron chi connectivity index (χ4n) is 2.27. The molecule has 120 valence electrons. The minimum Gasteiger partial charge on any atom is -0.314 e. The van der Waals surface area contributed by atoms with Crippen LogP contribution < -0.4 is 5.32 Å². The highest BCUT2D eigenvalue weighted by molar-refractivity contribution is 7.89. The molecule has 1 aliphatic rings. The SMILES string of the molecule is CC(Cc1cccs1)N(C)S(=O)(=O)CCCCNC1CC1. The predicted molar refractivity (Wildman–Crippen MR) is 89.3 cm³/mol. The van der Waals surface area contributed by atoms with Gasteiger partial charge in [-0.25, -0.2) is 12.7 Å². The highest BCUT2D eigenvalue weighted by Crippen LogP contribution is 2.19. The molecule has 0 saturated heterocycles. The molecule has 1 fully saturated rings. The maximum absolute atomic E-state index is 12.3. The molecule has 0 radical (unpaired) electrons. The number of hydrogen-bond donors (Lipinski definition) is 1. The number of sulfonamides is 1. The van der Waals surface area contributed by atoms with E-state index in [1.165, 1.54) is 17.7 Å². The molecule has 1 unspecified atom stereocenters. The van der Waals surface area contributed by atoms with Crippen molar-refractivity contribution in [1.29, 1.82) is 0 Å².